The fraction of sp³-hybridized carbons (Fsp3) is 0.385. The van der Waals surface area contributed by atoms with Gasteiger partial charge in [-0.05, 0) is 24.1 Å². The normalized spacial score (nSPS) is 11.7. The Balaban J connectivity index is 2.35. The third-order valence-electron chi connectivity index (χ3n) is 2.62. The number of carboxylic acids is 1. The van der Waals surface area contributed by atoms with Crippen LogP contribution >= 0.6 is 0 Å². The molecule has 4 N–H and O–H groups in total. The van der Waals surface area contributed by atoms with Gasteiger partial charge in [-0.1, -0.05) is 19.1 Å². The maximum atomic E-state index is 11.4. The molecule has 6 nitrogen and oxygen atoms in total. The lowest BCUT2D eigenvalue weighted by atomic mass is 10.1. The maximum Gasteiger partial charge on any atom is 0.335 e. The number of hydrogen-bond donors (Lipinski definition) is 4. The van der Waals surface area contributed by atoms with Gasteiger partial charge in [0.2, 0.25) is 0 Å². The van der Waals surface area contributed by atoms with Crippen molar-refractivity contribution in [2.45, 2.75) is 26.0 Å². The van der Waals surface area contributed by atoms with E-state index in [0.717, 1.165) is 5.56 Å². The highest BCUT2D eigenvalue weighted by Crippen LogP contribution is 2.04. The van der Waals surface area contributed by atoms with Crippen molar-refractivity contribution in [1.29, 1.82) is 0 Å². The summed E-state index contributed by atoms with van der Waals surface area (Å²) in [4.78, 5) is 22.0. The Kier molecular flexibility index (Phi) is 5.81. The lowest BCUT2D eigenvalue weighted by Crippen LogP contribution is -2.39. The molecule has 0 saturated carbocycles. The van der Waals surface area contributed by atoms with Gasteiger partial charge in [-0.15, -0.1) is 0 Å². The first-order chi connectivity index (χ1) is 9.02. The average molecular weight is 266 g/mol. The van der Waals surface area contributed by atoms with E-state index in [9.17, 15) is 14.7 Å². The topological polar surface area (TPSA) is 98.7 Å². The summed E-state index contributed by atoms with van der Waals surface area (Å²) in [5, 5.41) is 23.2. The molecule has 104 valence electrons. The van der Waals surface area contributed by atoms with Crippen LogP contribution in [0.15, 0.2) is 24.3 Å². The van der Waals surface area contributed by atoms with E-state index in [1.54, 1.807) is 12.1 Å². The first-order valence-corrected chi connectivity index (χ1v) is 6.05. The summed E-state index contributed by atoms with van der Waals surface area (Å²) in [6, 6.07) is 5.89. The summed E-state index contributed by atoms with van der Waals surface area (Å²) >= 11 is 0. The first-order valence-electron chi connectivity index (χ1n) is 6.05. The van der Waals surface area contributed by atoms with Crippen molar-refractivity contribution >= 4 is 12.0 Å². The number of hydrogen-bond acceptors (Lipinski definition) is 3. The van der Waals surface area contributed by atoms with E-state index in [4.69, 9.17) is 5.11 Å². The van der Waals surface area contributed by atoms with Gasteiger partial charge in [-0.2, -0.15) is 0 Å². The third-order valence-corrected chi connectivity index (χ3v) is 2.62. The molecule has 0 unspecified atom stereocenters. The number of amides is 2. The Morgan fingerprint density at radius 1 is 1.21 bits per heavy atom. The molecule has 1 atom stereocenters. The van der Waals surface area contributed by atoms with Crippen LogP contribution in [-0.4, -0.2) is 34.9 Å². The van der Waals surface area contributed by atoms with Crippen molar-refractivity contribution in [2.24, 2.45) is 0 Å². The van der Waals surface area contributed by atoms with Crippen molar-refractivity contribution in [3.63, 3.8) is 0 Å². The monoisotopic (exact) mass is 266 g/mol. The second kappa shape index (κ2) is 7.38. The van der Waals surface area contributed by atoms with Crippen LogP contribution < -0.4 is 10.6 Å². The Labute approximate surface area is 111 Å². The number of aliphatic hydroxyl groups is 1. The van der Waals surface area contributed by atoms with E-state index in [-0.39, 0.29) is 18.1 Å². The van der Waals surface area contributed by atoms with Crippen LogP contribution in [0.4, 0.5) is 4.79 Å². The number of urea groups is 1. The van der Waals surface area contributed by atoms with Gasteiger partial charge < -0.3 is 20.8 Å². The zero-order valence-corrected chi connectivity index (χ0v) is 10.7. The molecule has 0 heterocycles. The number of benzene rings is 1. The molecule has 0 aliphatic carbocycles. The first kappa shape index (κ1) is 15.0. The molecule has 0 aliphatic heterocycles. The van der Waals surface area contributed by atoms with Gasteiger partial charge >= 0.3 is 12.0 Å². The van der Waals surface area contributed by atoms with Crippen molar-refractivity contribution in [2.75, 3.05) is 6.54 Å². The summed E-state index contributed by atoms with van der Waals surface area (Å²) in [6.07, 6.45) is 0.0392. The fourth-order valence-corrected chi connectivity index (χ4v) is 1.36. The predicted octanol–water partition coefficient (Wildman–Crippen LogP) is 0.955. The highest BCUT2D eigenvalue weighted by molar-refractivity contribution is 5.87. The molecular weight excluding hydrogens is 248 g/mol. The van der Waals surface area contributed by atoms with Gasteiger partial charge in [0.15, 0.2) is 0 Å². The van der Waals surface area contributed by atoms with Gasteiger partial charge in [0, 0.05) is 13.1 Å². The molecule has 0 saturated heterocycles. The lowest BCUT2D eigenvalue weighted by molar-refractivity contribution is 0.0697. The zero-order valence-electron chi connectivity index (χ0n) is 10.7. The van der Waals surface area contributed by atoms with E-state index >= 15 is 0 Å². The van der Waals surface area contributed by atoms with Gasteiger partial charge in [0.1, 0.15) is 0 Å². The summed E-state index contributed by atoms with van der Waals surface area (Å²) in [5.74, 6) is -0.981. The zero-order chi connectivity index (χ0) is 14.3. The molecule has 19 heavy (non-hydrogen) atoms. The number of carbonyl (C=O) groups excluding carboxylic acids is 1. The molecule has 1 aromatic carbocycles. The number of aliphatic hydroxyl groups excluding tert-OH is 1. The Hall–Kier alpha value is -2.08. The largest absolute Gasteiger partial charge is 0.478 e. The van der Waals surface area contributed by atoms with Crippen LogP contribution in [0.3, 0.4) is 0 Å². The minimum atomic E-state index is -0.981. The highest BCUT2D eigenvalue weighted by atomic mass is 16.4. The Bertz CT molecular complexity index is 431. The van der Waals surface area contributed by atoms with Crippen LogP contribution in [0.2, 0.25) is 0 Å². The van der Waals surface area contributed by atoms with E-state index in [1.165, 1.54) is 12.1 Å². The van der Waals surface area contributed by atoms with Gasteiger partial charge in [-0.3, -0.25) is 0 Å². The van der Waals surface area contributed by atoms with Crippen LogP contribution in [0.5, 0.6) is 0 Å². The standard InChI is InChI=1S/C13H18N2O4/c1-2-11(16)8-15-13(19)14-7-9-3-5-10(6-4-9)12(17)18/h3-6,11,16H,2,7-8H2,1H3,(H,17,18)(H2,14,15,19)/t11-/m0/s1. The summed E-state index contributed by atoms with van der Waals surface area (Å²) in [5.41, 5.74) is 1.01. The predicted molar refractivity (Wildman–Crippen MR) is 69.9 cm³/mol. The molecule has 0 aromatic heterocycles. The van der Waals surface area contributed by atoms with E-state index in [0.29, 0.717) is 13.0 Å². The highest BCUT2D eigenvalue weighted by Gasteiger charge is 2.05. The second-order valence-corrected chi connectivity index (χ2v) is 4.13. The number of carboxylic acid groups (broad SMARTS) is 1. The number of rotatable bonds is 6. The maximum absolute atomic E-state index is 11.4. The van der Waals surface area contributed by atoms with Crippen molar-refractivity contribution in [3.8, 4) is 0 Å². The van der Waals surface area contributed by atoms with E-state index < -0.39 is 12.1 Å². The molecule has 0 fully saturated rings. The SMILES string of the molecule is CC[C@H](O)CNC(=O)NCc1ccc(C(=O)O)cc1. The summed E-state index contributed by atoms with van der Waals surface area (Å²) < 4.78 is 0. The number of carbonyl (C=O) groups is 2. The number of nitrogens with one attached hydrogen (secondary N) is 2. The molecule has 0 aliphatic rings. The Morgan fingerprint density at radius 3 is 2.37 bits per heavy atom. The molecule has 0 bridgehead atoms. The summed E-state index contributed by atoms with van der Waals surface area (Å²) in [6.45, 7) is 2.34. The number of aromatic carboxylic acids is 1. The second-order valence-electron chi connectivity index (χ2n) is 4.13. The average Bonchev–Trinajstić information content (AvgIpc) is 2.42. The molecule has 0 radical (unpaired) electrons. The lowest BCUT2D eigenvalue weighted by Gasteiger charge is -2.10. The molecular formula is C13H18N2O4. The van der Waals surface area contributed by atoms with Crippen LogP contribution in [0.1, 0.15) is 29.3 Å². The fourth-order valence-electron chi connectivity index (χ4n) is 1.36. The molecule has 2 amide bonds. The van der Waals surface area contributed by atoms with Gasteiger partial charge in [0.25, 0.3) is 0 Å². The van der Waals surface area contributed by atoms with E-state index in [2.05, 4.69) is 10.6 Å². The minimum absolute atomic E-state index is 0.208. The minimum Gasteiger partial charge on any atom is -0.478 e. The quantitative estimate of drug-likeness (QED) is 0.616. The van der Waals surface area contributed by atoms with Crippen molar-refractivity contribution in [1.82, 2.24) is 10.6 Å². The van der Waals surface area contributed by atoms with Gasteiger partial charge in [0.05, 0.1) is 11.7 Å². The summed E-state index contributed by atoms with van der Waals surface area (Å²) in [7, 11) is 0. The van der Waals surface area contributed by atoms with Crippen LogP contribution in [0.25, 0.3) is 0 Å². The molecule has 1 rings (SSSR count). The van der Waals surface area contributed by atoms with Crippen molar-refractivity contribution in [3.05, 3.63) is 35.4 Å². The van der Waals surface area contributed by atoms with Crippen molar-refractivity contribution < 1.29 is 19.8 Å². The molecule has 6 heteroatoms. The Morgan fingerprint density at radius 2 is 1.84 bits per heavy atom. The van der Waals surface area contributed by atoms with Crippen LogP contribution in [-0.2, 0) is 6.54 Å². The third kappa shape index (κ3) is 5.39. The van der Waals surface area contributed by atoms with Crippen LogP contribution in [0, 0.1) is 0 Å². The molecule has 1 aromatic rings. The smallest absolute Gasteiger partial charge is 0.335 e. The molecule has 0 spiro atoms. The van der Waals surface area contributed by atoms with Gasteiger partial charge in [-0.25, -0.2) is 9.59 Å². The van der Waals surface area contributed by atoms with E-state index in [1.807, 2.05) is 6.92 Å².